The fourth-order valence-electron chi connectivity index (χ4n) is 3.00. The van der Waals surface area contributed by atoms with Gasteiger partial charge in [0.1, 0.15) is 0 Å². The van der Waals surface area contributed by atoms with E-state index >= 15 is 0 Å². The van der Waals surface area contributed by atoms with Gasteiger partial charge in [-0.2, -0.15) is 0 Å². The number of benzene rings is 1. The molecule has 6 nitrogen and oxygen atoms in total. The molecule has 1 aromatic rings. The van der Waals surface area contributed by atoms with Crippen LogP contribution in [0.3, 0.4) is 0 Å². The number of para-hydroxylation sites is 2. The summed E-state index contributed by atoms with van der Waals surface area (Å²) in [4.78, 5) is 14.3. The van der Waals surface area contributed by atoms with Crippen LogP contribution in [0.2, 0.25) is 0 Å². The van der Waals surface area contributed by atoms with Gasteiger partial charge in [-0.1, -0.05) is 12.1 Å². The van der Waals surface area contributed by atoms with Crippen LogP contribution in [0, 0.1) is 0 Å². The highest BCUT2D eigenvalue weighted by Crippen LogP contribution is 2.33. The number of methoxy groups -OCH3 is 1. The van der Waals surface area contributed by atoms with Crippen molar-refractivity contribution in [1.29, 1.82) is 0 Å². The molecule has 1 aliphatic carbocycles. The summed E-state index contributed by atoms with van der Waals surface area (Å²) in [5, 5.41) is 0. The zero-order valence-corrected chi connectivity index (χ0v) is 13.9. The highest BCUT2D eigenvalue weighted by atomic mass is 32.2. The molecule has 126 valence electrons. The molecule has 0 spiro atoms. The Bertz CT molecular complexity index is 683. The number of ether oxygens (including phenoxy) is 2. The predicted molar refractivity (Wildman–Crippen MR) is 85.4 cm³/mol. The fraction of sp³-hybridized carbons (Fsp3) is 0.562. The van der Waals surface area contributed by atoms with Crippen LogP contribution < -0.4 is 9.47 Å². The predicted octanol–water partition coefficient (Wildman–Crippen LogP) is 1.25. The van der Waals surface area contributed by atoms with E-state index in [9.17, 15) is 13.2 Å². The van der Waals surface area contributed by atoms with Gasteiger partial charge in [-0.3, -0.25) is 4.79 Å². The maximum Gasteiger partial charge on any atom is 0.261 e. The lowest BCUT2D eigenvalue weighted by Crippen LogP contribution is -2.45. The van der Waals surface area contributed by atoms with E-state index in [1.165, 1.54) is 0 Å². The molecule has 1 atom stereocenters. The number of hydrogen-bond acceptors (Lipinski definition) is 5. The van der Waals surface area contributed by atoms with Crippen LogP contribution in [0.15, 0.2) is 24.3 Å². The summed E-state index contributed by atoms with van der Waals surface area (Å²) in [6.45, 7) is -0.104. The minimum atomic E-state index is -3.01. The molecule has 23 heavy (non-hydrogen) atoms. The summed E-state index contributed by atoms with van der Waals surface area (Å²) < 4.78 is 34.2. The number of carbonyl (C=O) groups excluding carboxylic acids is 1. The zero-order chi connectivity index (χ0) is 16.4. The maximum atomic E-state index is 12.6. The van der Waals surface area contributed by atoms with Gasteiger partial charge < -0.3 is 14.4 Å². The first-order valence-corrected chi connectivity index (χ1v) is 9.60. The Morgan fingerprint density at radius 1 is 1.17 bits per heavy atom. The van der Waals surface area contributed by atoms with Crippen LogP contribution in [0.1, 0.15) is 19.3 Å². The van der Waals surface area contributed by atoms with Crippen LogP contribution in [0.25, 0.3) is 0 Å². The zero-order valence-electron chi connectivity index (χ0n) is 13.1. The average molecular weight is 339 g/mol. The number of hydrogen-bond donors (Lipinski definition) is 0. The molecule has 0 N–H and O–H groups in total. The summed E-state index contributed by atoms with van der Waals surface area (Å²) in [7, 11) is -1.47. The first-order chi connectivity index (χ1) is 11.0. The first kappa shape index (κ1) is 16.1. The topological polar surface area (TPSA) is 72.9 Å². The molecule has 2 fully saturated rings. The molecule has 0 aromatic heterocycles. The lowest BCUT2D eigenvalue weighted by Gasteiger charge is -2.28. The van der Waals surface area contributed by atoms with Crippen molar-refractivity contribution in [3.63, 3.8) is 0 Å². The van der Waals surface area contributed by atoms with E-state index in [-0.39, 0.29) is 36.1 Å². The van der Waals surface area contributed by atoms with Gasteiger partial charge >= 0.3 is 0 Å². The number of carbonyl (C=O) groups is 1. The molecular formula is C16H21NO5S. The standard InChI is InChI=1S/C16H21NO5S/c1-21-14-4-2-3-5-15(14)22-10-16(18)17(12-6-7-12)13-8-9-23(19,20)11-13/h2-5,12-13H,6-11H2,1H3. The Morgan fingerprint density at radius 3 is 2.43 bits per heavy atom. The van der Waals surface area contributed by atoms with Crippen LogP contribution in [0.4, 0.5) is 0 Å². The molecule has 0 bridgehead atoms. The van der Waals surface area contributed by atoms with Gasteiger partial charge in [-0.05, 0) is 31.4 Å². The minimum absolute atomic E-state index is 0.0733. The summed E-state index contributed by atoms with van der Waals surface area (Å²) in [5.41, 5.74) is 0. The summed E-state index contributed by atoms with van der Waals surface area (Å²) in [6.07, 6.45) is 2.41. The third-order valence-corrected chi connectivity index (χ3v) is 6.00. The van der Waals surface area contributed by atoms with Gasteiger partial charge in [-0.15, -0.1) is 0 Å². The van der Waals surface area contributed by atoms with Crippen molar-refractivity contribution < 1.29 is 22.7 Å². The third-order valence-electron chi connectivity index (χ3n) is 4.25. The van der Waals surface area contributed by atoms with E-state index < -0.39 is 9.84 Å². The van der Waals surface area contributed by atoms with Crippen LogP contribution in [0.5, 0.6) is 11.5 Å². The van der Waals surface area contributed by atoms with Crippen molar-refractivity contribution in [2.24, 2.45) is 0 Å². The molecule has 1 saturated carbocycles. The molecule has 1 unspecified atom stereocenters. The van der Waals surface area contributed by atoms with E-state index in [1.807, 2.05) is 12.1 Å². The lowest BCUT2D eigenvalue weighted by atomic mass is 10.2. The molecule has 7 heteroatoms. The van der Waals surface area contributed by atoms with Gasteiger partial charge in [0.25, 0.3) is 5.91 Å². The van der Waals surface area contributed by atoms with Crippen LogP contribution >= 0.6 is 0 Å². The Kier molecular flexibility index (Phi) is 4.48. The molecule has 0 radical (unpaired) electrons. The summed E-state index contributed by atoms with van der Waals surface area (Å²) in [5.74, 6) is 1.17. The molecule has 3 rings (SSSR count). The van der Waals surface area contributed by atoms with Crippen molar-refractivity contribution in [3.8, 4) is 11.5 Å². The number of sulfone groups is 1. The smallest absolute Gasteiger partial charge is 0.261 e. The molecule has 1 aliphatic heterocycles. The fourth-order valence-corrected chi connectivity index (χ4v) is 4.72. The Balaban J connectivity index is 1.66. The van der Waals surface area contributed by atoms with E-state index in [2.05, 4.69) is 0 Å². The van der Waals surface area contributed by atoms with Gasteiger partial charge in [0.15, 0.2) is 27.9 Å². The van der Waals surface area contributed by atoms with Crippen molar-refractivity contribution in [1.82, 2.24) is 4.90 Å². The van der Waals surface area contributed by atoms with Gasteiger partial charge in [0, 0.05) is 12.1 Å². The van der Waals surface area contributed by atoms with Gasteiger partial charge in [-0.25, -0.2) is 8.42 Å². The monoisotopic (exact) mass is 339 g/mol. The number of rotatable bonds is 6. The number of nitrogens with zero attached hydrogens (tertiary/aromatic N) is 1. The summed E-state index contributed by atoms with van der Waals surface area (Å²) in [6, 6.07) is 7.11. The van der Waals surface area contributed by atoms with E-state index in [1.54, 1.807) is 24.1 Å². The SMILES string of the molecule is COc1ccccc1OCC(=O)N(C1CC1)C1CCS(=O)(=O)C1. The highest BCUT2D eigenvalue weighted by Gasteiger charge is 2.42. The second-order valence-electron chi connectivity index (χ2n) is 6.03. The second-order valence-corrected chi connectivity index (χ2v) is 8.26. The highest BCUT2D eigenvalue weighted by molar-refractivity contribution is 7.91. The van der Waals surface area contributed by atoms with Gasteiger partial charge in [0.05, 0.1) is 18.6 Å². The largest absolute Gasteiger partial charge is 0.493 e. The quantitative estimate of drug-likeness (QED) is 0.780. The molecule has 1 heterocycles. The van der Waals surface area contributed by atoms with E-state index in [0.717, 1.165) is 12.8 Å². The van der Waals surface area contributed by atoms with Crippen molar-refractivity contribution >= 4 is 15.7 Å². The van der Waals surface area contributed by atoms with Crippen molar-refractivity contribution in [2.45, 2.75) is 31.3 Å². The number of amides is 1. The summed E-state index contributed by atoms with van der Waals surface area (Å²) >= 11 is 0. The Morgan fingerprint density at radius 2 is 1.87 bits per heavy atom. The lowest BCUT2D eigenvalue weighted by molar-refractivity contribution is -0.135. The average Bonchev–Trinajstić information content (AvgIpc) is 3.29. The Labute approximate surface area is 136 Å². The molecule has 1 aromatic carbocycles. The molecule has 1 saturated heterocycles. The minimum Gasteiger partial charge on any atom is -0.493 e. The van der Waals surface area contributed by atoms with E-state index in [0.29, 0.717) is 17.9 Å². The van der Waals surface area contributed by atoms with Crippen LogP contribution in [-0.4, -0.2) is 56.5 Å². The Hall–Kier alpha value is -1.76. The molecular weight excluding hydrogens is 318 g/mol. The first-order valence-electron chi connectivity index (χ1n) is 7.77. The maximum absolute atomic E-state index is 12.6. The second kappa shape index (κ2) is 6.39. The van der Waals surface area contributed by atoms with Crippen molar-refractivity contribution in [2.75, 3.05) is 25.2 Å². The van der Waals surface area contributed by atoms with Crippen LogP contribution in [-0.2, 0) is 14.6 Å². The molecule has 2 aliphatic rings. The van der Waals surface area contributed by atoms with Crippen molar-refractivity contribution in [3.05, 3.63) is 24.3 Å². The van der Waals surface area contributed by atoms with E-state index in [4.69, 9.17) is 9.47 Å². The van der Waals surface area contributed by atoms with Gasteiger partial charge in [0.2, 0.25) is 0 Å². The molecule has 1 amide bonds. The third kappa shape index (κ3) is 3.77. The normalized spacial score (nSPS) is 22.6.